The highest BCUT2D eigenvalue weighted by Crippen LogP contribution is 2.31. The van der Waals surface area contributed by atoms with Crippen molar-refractivity contribution in [1.29, 1.82) is 0 Å². The fraction of sp³-hybridized carbons (Fsp3) is 0.333. The molecule has 0 aromatic heterocycles. The number of terminal acetylenes is 1. The Morgan fingerprint density at radius 1 is 1.21 bits per heavy atom. The molecule has 0 unspecified atom stereocenters. The lowest BCUT2D eigenvalue weighted by atomic mass is 9.95. The van der Waals surface area contributed by atoms with E-state index in [0.29, 0.717) is 6.42 Å². The fourth-order valence-electron chi connectivity index (χ4n) is 1.64. The van der Waals surface area contributed by atoms with Crippen LogP contribution in [0.4, 0.5) is 5.69 Å². The molecule has 1 aromatic carbocycles. The quantitative estimate of drug-likeness (QED) is 0.411. The second-order valence-electron chi connectivity index (χ2n) is 3.50. The third-order valence-corrected chi connectivity index (χ3v) is 3.37. The molecule has 0 amide bonds. The van der Waals surface area contributed by atoms with Crippen molar-refractivity contribution in [3.63, 3.8) is 0 Å². The molecule has 0 aliphatic rings. The summed E-state index contributed by atoms with van der Waals surface area (Å²) in [6.45, 7) is 6.03. The number of hydrogen-bond donors (Lipinski definition) is 2. The molecule has 0 fully saturated rings. The Kier molecular flexibility index (Phi) is 3.13. The first-order valence-electron chi connectivity index (χ1n) is 4.51. The van der Waals surface area contributed by atoms with E-state index in [9.17, 15) is 0 Å². The average molecular weight is 205 g/mol. The minimum atomic E-state index is 0.621. The van der Waals surface area contributed by atoms with E-state index >= 15 is 0 Å². The minimum absolute atomic E-state index is 0.621. The van der Waals surface area contributed by atoms with Crippen molar-refractivity contribution >= 4 is 18.3 Å². The molecule has 0 saturated heterocycles. The molecule has 0 aliphatic carbocycles. The van der Waals surface area contributed by atoms with Gasteiger partial charge in [-0.15, -0.1) is 25.0 Å². The van der Waals surface area contributed by atoms with Crippen molar-refractivity contribution in [2.75, 3.05) is 5.73 Å². The average Bonchev–Trinajstić information content (AvgIpc) is 2.19. The van der Waals surface area contributed by atoms with Crippen LogP contribution in [0.15, 0.2) is 4.90 Å². The maximum Gasteiger partial charge on any atom is 0.0387 e. The first-order chi connectivity index (χ1) is 6.50. The molecule has 1 rings (SSSR count). The number of benzene rings is 1. The zero-order valence-electron chi connectivity index (χ0n) is 8.81. The first kappa shape index (κ1) is 11.0. The zero-order chi connectivity index (χ0) is 10.9. The van der Waals surface area contributed by atoms with Gasteiger partial charge >= 0.3 is 0 Å². The molecule has 1 aromatic rings. The van der Waals surface area contributed by atoms with Gasteiger partial charge in [0.1, 0.15) is 0 Å². The fourth-order valence-corrected chi connectivity index (χ4v) is 1.90. The van der Waals surface area contributed by atoms with Crippen LogP contribution in [0.1, 0.15) is 22.3 Å². The maximum atomic E-state index is 5.97. The number of hydrogen-bond acceptors (Lipinski definition) is 2. The summed E-state index contributed by atoms with van der Waals surface area (Å²) in [6, 6.07) is 0. The van der Waals surface area contributed by atoms with E-state index in [1.54, 1.807) is 0 Å². The summed E-state index contributed by atoms with van der Waals surface area (Å²) < 4.78 is 0. The molecule has 0 bridgehead atoms. The molecule has 2 heteroatoms. The summed E-state index contributed by atoms with van der Waals surface area (Å²) in [4.78, 5) is 0.957. The Morgan fingerprint density at radius 2 is 1.79 bits per heavy atom. The van der Waals surface area contributed by atoms with Crippen LogP contribution in [-0.4, -0.2) is 0 Å². The van der Waals surface area contributed by atoms with E-state index in [-0.39, 0.29) is 0 Å². The van der Waals surface area contributed by atoms with Crippen LogP contribution in [0.25, 0.3) is 0 Å². The van der Waals surface area contributed by atoms with Crippen LogP contribution < -0.4 is 5.73 Å². The highest BCUT2D eigenvalue weighted by Gasteiger charge is 2.11. The van der Waals surface area contributed by atoms with Crippen molar-refractivity contribution in [2.24, 2.45) is 0 Å². The van der Waals surface area contributed by atoms with E-state index in [4.69, 9.17) is 12.2 Å². The van der Waals surface area contributed by atoms with Gasteiger partial charge in [-0.25, -0.2) is 0 Å². The SMILES string of the molecule is C#CCc1c(C)c(N)c(C)c(S)c1C. The molecule has 0 heterocycles. The minimum Gasteiger partial charge on any atom is -0.398 e. The second-order valence-corrected chi connectivity index (χ2v) is 3.94. The topological polar surface area (TPSA) is 26.0 Å². The Hall–Kier alpha value is -1.07. The van der Waals surface area contributed by atoms with Gasteiger partial charge in [0.2, 0.25) is 0 Å². The summed E-state index contributed by atoms with van der Waals surface area (Å²) in [7, 11) is 0. The number of rotatable bonds is 1. The molecule has 0 atom stereocenters. The van der Waals surface area contributed by atoms with Crippen molar-refractivity contribution in [3.05, 3.63) is 22.3 Å². The Labute approximate surface area is 91.1 Å². The molecular formula is C12H15NS. The predicted molar refractivity (Wildman–Crippen MR) is 64.9 cm³/mol. The largest absolute Gasteiger partial charge is 0.398 e. The van der Waals surface area contributed by atoms with Crippen LogP contribution in [0.2, 0.25) is 0 Å². The van der Waals surface area contributed by atoms with Crippen molar-refractivity contribution in [2.45, 2.75) is 32.1 Å². The molecule has 74 valence electrons. The van der Waals surface area contributed by atoms with Crippen LogP contribution in [0, 0.1) is 33.1 Å². The lowest BCUT2D eigenvalue weighted by Crippen LogP contribution is -2.03. The van der Waals surface area contributed by atoms with Crippen LogP contribution in [0.5, 0.6) is 0 Å². The Balaban J connectivity index is 3.53. The molecule has 2 N–H and O–H groups in total. The first-order valence-corrected chi connectivity index (χ1v) is 4.96. The van der Waals surface area contributed by atoms with Gasteiger partial charge in [-0.1, -0.05) is 0 Å². The van der Waals surface area contributed by atoms with Gasteiger partial charge in [0.05, 0.1) is 0 Å². The molecule has 1 nitrogen and oxygen atoms in total. The van der Waals surface area contributed by atoms with Gasteiger partial charge in [0.25, 0.3) is 0 Å². The van der Waals surface area contributed by atoms with Crippen LogP contribution in [0.3, 0.4) is 0 Å². The summed E-state index contributed by atoms with van der Waals surface area (Å²) in [5, 5.41) is 0. The Bertz CT molecular complexity index is 384. The number of nitrogen functional groups attached to an aromatic ring is 1. The predicted octanol–water partition coefficient (Wildman–Crippen LogP) is 2.66. The summed E-state index contributed by atoms with van der Waals surface area (Å²) in [5.74, 6) is 2.65. The highest BCUT2D eigenvalue weighted by molar-refractivity contribution is 7.80. The Morgan fingerprint density at radius 3 is 2.29 bits per heavy atom. The van der Waals surface area contributed by atoms with E-state index in [1.807, 2.05) is 20.8 Å². The smallest absolute Gasteiger partial charge is 0.0387 e. The van der Waals surface area contributed by atoms with Crippen molar-refractivity contribution < 1.29 is 0 Å². The standard InChI is InChI=1S/C12H15NS/c1-5-6-10-7(2)11(13)9(4)12(14)8(10)3/h1,14H,6,13H2,2-4H3. The second kappa shape index (κ2) is 3.98. The number of thiol groups is 1. The maximum absolute atomic E-state index is 5.97. The van der Waals surface area contributed by atoms with Gasteiger partial charge in [-0.2, -0.15) is 0 Å². The summed E-state index contributed by atoms with van der Waals surface area (Å²) >= 11 is 4.44. The van der Waals surface area contributed by atoms with Crippen molar-refractivity contribution in [3.8, 4) is 12.3 Å². The summed E-state index contributed by atoms with van der Waals surface area (Å²) in [5.41, 5.74) is 11.2. The zero-order valence-corrected chi connectivity index (χ0v) is 9.70. The van der Waals surface area contributed by atoms with Crippen molar-refractivity contribution in [1.82, 2.24) is 0 Å². The van der Waals surface area contributed by atoms with E-state index in [2.05, 4.69) is 18.5 Å². The van der Waals surface area contributed by atoms with E-state index in [0.717, 1.165) is 32.8 Å². The molecule has 14 heavy (non-hydrogen) atoms. The summed E-state index contributed by atoms with van der Waals surface area (Å²) in [6.07, 6.45) is 5.94. The van der Waals surface area contributed by atoms with Gasteiger partial charge < -0.3 is 5.73 Å². The molecule has 0 aliphatic heterocycles. The van der Waals surface area contributed by atoms with E-state index < -0.39 is 0 Å². The van der Waals surface area contributed by atoms with Crippen LogP contribution >= 0.6 is 12.6 Å². The lowest BCUT2D eigenvalue weighted by Gasteiger charge is -2.16. The third-order valence-electron chi connectivity index (χ3n) is 2.70. The van der Waals surface area contributed by atoms with Gasteiger partial charge in [-0.3, -0.25) is 0 Å². The number of anilines is 1. The molecule has 0 spiro atoms. The molecule has 0 radical (unpaired) electrons. The number of nitrogens with two attached hydrogens (primary N) is 1. The van der Waals surface area contributed by atoms with Gasteiger partial charge in [-0.05, 0) is 43.0 Å². The van der Waals surface area contributed by atoms with Gasteiger partial charge in [0.15, 0.2) is 0 Å². The molecular weight excluding hydrogens is 190 g/mol. The van der Waals surface area contributed by atoms with E-state index in [1.165, 1.54) is 0 Å². The third kappa shape index (κ3) is 1.60. The monoisotopic (exact) mass is 205 g/mol. The molecule has 0 saturated carbocycles. The van der Waals surface area contributed by atoms with Gasteiger partial charge in [0, 0.05) is 17.0 Å². The highest BCUT2D eigenvalue weighted by atomic mass is 32.1. The normalized spacial score (nSPS) is 9.93. The lowest BCUT2D eigenvalue weighted by molar-refractivity contribution is 1.11. The van der Waals surface area contributed by atoms with Crippen LogP contribution in [-0.2, 0) is 6.42 Å².